The van der Waals surface area contributed by atoms with E-state index in [1.807, 2.05) is 54.3 Å². The number of piperidine rings is 1. The summed E-state index contributed by atoms with van der Waals surface area (Å²) in [5, 5.41) is 0. The second kappa shape index (κ2) is 9.42. The quantitative estimate of drug-likeness (QED) is 0.697. The Morgan fingerprint density at radius 1 is 1.26 bits per heavy atom. The molecule has 1 fully saturated rings. The van der Waals surface area contributed by atoms with Crippen molar-refractivity contribution in [2.45, 2.75) is 32.4 Å². The van der Waals surface area contributed by atoms with Crippen molar-refractivity contribution in [3.8, 4) is 5.75 Å². The number of ether oxygens (including phenoxy) is 1. The Bertz CT molecular complexity index is 747. The zero-order valence-electron chi connectivity index (χ0n) is 16.1. The highest BCUT2D eigenvalue weighted by atomic mass is 16.5. The van der Waals surface area contributed by atoms with Crippen molar-refractivity contribution in [3.63, 3.8) is 0 Å². The molecule has 2 heterocycles. The number of rotatable bonds is 7. The van der Waals surface area contributed by atoms with Gasteiger partial charge in [0.05, 0.1) is 19.4 Å². The van der Waals surface area contributed by atoms with Gasteiger partial charge in [0.1, 0.15) is 11.5 Å². The Kier molecular flexibility index (Phi) is 6.71. The number of hydrogen-bond acceptors (Lipinski definition) is 4. The molecule has 1 saturated heterocycles. The van der Waals surface area contributed by atoms with E-state index in [1.54, 1.807) is 12.3 Å². The fourth-order valence-corrected chi connectivity index (χ4v) is 3.43. The lowest BCUT2D eigenvalue weighted by Crippen LogP contribution is -2.45. The zero-order chi connectivity index (χ0) is 19.1. The molecule has 1 aliphatic rings. The van der Waals surface area contributed by atoms with Gasteiger partial charge in [-0.3, -0.25) is 4.79 Å². The zero-order valence-corrected chi connectivity index (χ0v) is 16.1. The molecule has 3 rings (SSSR count). The number of hydrogen-bond donors (Lipinski definition) is 0. The van der Waals surface area contributed by atoms with Crippen LogP contribution in [0.2, 0.25) is 0 Å². The monoisotopic (exact) mass is 368 g/mol. The van der Waals surface area contributed by atoms with Gasteiger partial charge in [-0.05, 0) is 64.2 Å². The fraction of sp³-hybridized carbons (Fsp3) is 0.409. The number of furan rings is 1. The fourth-order valence-electron chi connectivity index (χ4n) is 3.43. The molecule has 1 aliphatic heterocycles. The Balaban J connectivity index is 1.76. The van der Waals surface area contributed by atoms with Gasteiger partial charge in [-0.1, -0.05) is 18.2 Å². The summed E-state index contributed by atoms with van der Waals surface area (Å²) in [6, 6.07) is 11.8. The van der Waals surface area contributed by atoms with E-state index in [4.69, 9.17) is 9.15 Å². The highest BCUT2D eigenvalue weighted by Crippen LogP contribution is 2.22. The van der Waals surface area contributed by atoms with Crippen LogP contribution in [-0.2, 0) is 11.3 Å². The molecule has 0 saturated carbocycles. The number of benzene rings is 1. The number of nitrogens with zero attached hydrogens (tertiary/aromatic N) is 2. The molecule has 0 N–H and O–H groups in total. The molecule has 5 heteroatoms. The molecule has 0 spiro atoms. The van der Waals surface area contributed by atoms with Gasteiger partial charge >= 0.3 is 0 Å². The Hall–Kier alpha value is -2.53. The Morgan fingerprint density at radius 2 is 2.04 bits per heavy atom. The van der Waals surface area contributed by atoms with Gasteiger partial charge in [0.25, 0.3) is 0 Å². The van der Waals surface area contributed by atoms with Crippen LogP contribution in [0.3, 0.4) is 0 Å². The van der Waals surface area contributed by atoms with Crippen LogP contribution >= 0.6 is 0 Å². The van der Waals surface area contributed by atoms with E-state index < -0.39 is 0 Å². The maximum absolute atomic E-state index is 13.0. The predicted molar refractivity (Wildman–Crippen MR) is 106 cm³/mol. The molecule has 0 unspecified atom stereocenters. The van der Waals surface area contributed by atoms with Crippen molar-refractivity contribution < 1.29 is 13.9 Å². The van der Waals surface area contributed by atoms with Crippen LogP contribution < -0.4 is 4.74 Å². The standard InChI is InChI=1S/C22H28N2O3/c1-3-26-21-9-5-4-7-18(21)10-11-22(25)24(17-20-8-6-16-27-20)19-12-14-23(2)15-13-19/h4-11,16,19H,3,12-15,17H2,1-2H3/b11-10+. The van der Waals surface area contributed by atoms with Gasteiger partial charge in [0.15, 0.2) is 0 Å². The molecular formula is C22H28N2O3. The lowest BCUT2D eigenvalue weighted by molar-refractivity contribution is -0.130. The lowest BCUT2D eigenvalue weighted by atomic mass is 10.0. The van der Waals surface area contributed by atoms with Crippen molar-refractivity contribution in [1.82, 2.24) is 9.80 Å². The van der Waals surface area contributed by atoms with Gasteiger partial charge in [-0.15, -0.1) is 0 Å². The predicted octanol–water partition coefficient (Wildman–Crippen LogP) is 3.81. The lowest BCUT2D eigenvalue weighted by Gasteiger charge is -2.36. The van der Waals surface area contributed by atoms with Crippen molar-refractivity contribution in [2.24, 2.45) is 0 Å². The van der Waals surface area contributed by atoms with Gasteiger partial charge < -0.3 is 19.0 Å². The topological polar surface area (TPSA) is 45.9 Å². The molecule has 5 nitrogen and oxygen atoms in total. The van der Waals surface area contributed by atoms with Crippen molar-refractivity contribution >= 4 is 12.0 Å². The number of likely N-dealkylation sites (tertiary alicyclic amines) is 1. The summed E-state index contributed by atoms with van der Waals surface area (Å²) in [6.45, 7) is 5.06. The summed E-state index contributed by atoms with van der Waals surface area (Å²) >= 11 is 0. The van der Waals surface area contributed by atoms with E-state index in [-0.39, 0.29) is 11.9 Å². The Morgan fingerprint density at radius 3 is 2.74 bits per heavy atom. The van der Waals surface area contributed by atoms with E-state index >= 15 is 0 Å². The third-order valence-electron chi connectivity index (χ3n) is 4.94. The maximum atomic E-state index is 13.0. The second-order valence-electron chi connectivity index (χ2n) is 6.88. The van der Waals surface area contributed by atoms with Crippen LogP contribution in [0.15, 0.2) is 53.2 Å². The summed E-state index contributed by atoms with van der Waals surface area (Å²) in [6.07, 6.45) is 7.11. The van der Waals surface area contributed by atoms with E-state index in [2.05, 4.69) is 11.9 Å². The largest absolute Gasteiger partial charge is 0.493 e. The molecule has 27 heavy (non-hydrogen) atoms. The molecule has 144 valence electrons. The SMILES string of the molecule is CCOc1ccccc1/C=C/C(=O)N(Cc1ccco1)C1CCN(C)CC1. The molecule has 0 atom stereocenters. The van der Waals surface area contributed by atoms with E-state index in [1.165, 1.54) is 0 Å². The number of carbonyl (C=O) groups excluding carboxylic acids is 1. The average Bonchev–Trinajstić information content (AvgIpc) is 3.19. The van der Waals surface area contributed by atoms with Crippen LogP contribution in [0.1, 0.15) is 31.1 Å². The average molecular weight is 368 g/mol. The smallest absolute Gasteiger partial charge is 0.247 e. The van der Waals surface area contributed by atoms with Crippen LogP contribution in [0, 0.1) is 0 Å². The van der Waals surface area contributed by atoms with Crippen molar-refractivity contribution in [1.29, 1.82) is 0 Å². The van der Waals surface area contributed by atoms with Gasteiger partial charge in [0, 0.05) is 17.7 Å². The van der Waals surface area contributed by atoms with E-state index in [9.17, 15) is 4.79 Å². The first-order valence-electron chi connectivity index (χ1n) is 9.58. The highest BCUT2D eigenvalue weighted by Gasteiger charge is 2.26. The van der Waals surface area contributed by atoms with Crippen LogP contribution in [0.5, 0.6) is 5.75 Å². The third-order valence-corrected chi connectivity index (χ3v) is 4.94. The minimum atomic E-state index is 0.00672. The maximum Gasteiger partial charge on any atom is 0.247 e. The Labute approximate surface area is 161 Å². The first kappa shape index (κ1) is 19.2. The van der Waals surface area contributed by atoms with E-state index in [0.29, 0.717) is 13.2 Å². The summed E-state index contributed by atoms with van der Waals surface area (Å²) < 4.78 is 11.1. The van der Waals surface area contributed by atoms with E-state index in [0.717, 1.165) is 43.0 Å². The summed E-state index contributed by atoms with van der Waals surface area (Å²) in [5.74, 6) is 1.61. The molecular weight excluding hydrogens is 340 g/mol. The third kappa shape index (κ3) is 5.23. The molecule has 2 aromatic rings. The molecule has 0 radical (unpaired) electrons. The molecule has 1 amide bonds. The van der Waals surface area contributed by atoms with Gasteiger partial charge in [0.2, 0.25) is 5.91 Å². The van der Waals surface area contributed by atoms with Crippen LogP contribution in [-0.4, -0.2) is 48.5 Å². The minimum absolute atomic E-state index is 0.00672. The molecule has 0 aliphatic carbocycles. The molecule has 1 aromatic carbocycles. The van der Waals surface area contributed by atoms with Crippen molar-refractivity contribution in [2.75, 3.05) is 26.7 Å². The van der Waals surface area contributed by atoms with Crippen LogP contribution in [0.25, 0.3) is 6.08 Å². The minimum Gasteiger partial charge on any atom is -0.493 e. The number of para-hydroxylation sites is 1. The first-order valence-corrected chi connectivity index (χ1v) is 9.58. The summed E-state index contributed by atoms with van der Waals surface area (Å²) in [5.41, 5.74) is 0.911. The number of amides is 1. The molecule has 0 bridgehead atoms. The first-order chi connectivity index (χ1) is 13.2. The second-order valence-corrected chi connectivity index (χ2v) is 6.88. The van der Waals surface area contributed by atoms with Crippen molar-refractivity contribution in [3.05, 3.63) is 60.1 Å². The summed E-state index contributed by atoms with van der Waals surface area (Å²) in [7, 11) is 2.12. The van der Waals surface area contributed by atoms with Crippen LogP contribution in [0.4, 0.5) is 0 Å². The highest BCUT2D eigenvalue weighted by molar-refractivity contribution is 5.92. The normalized spacial score (nSPS) is 15.9. The van der Waals surface area contributed by atoms with Gasteiger partial charge in [-0.2, -0.15) is 0 Å². The van der Waals surface area contributed by atoms with Gasteiger partial charge in [-0.25, -0.2) is 0 Å². The molecule has 1 aromatic heterocycles. The summed E-state index contributed by atoms with van der Waals surface area (Å²) in [4.78, 5) is 17.3. The number of carbonyl (C=O) groups is 1.